The van der Waals surface area contributed by atoms with Crippen molar-refractivity contribution < 1.29 is 14.6 Å². The average Bonchev–Trinajstić information content (AvgIpc) is 2.75. The highest BCUT2D eigenvalue weighted by Crippen LogP contribution is 2.10. The summed E-state index contributed by atoms with van der Waals surface area (Å²) in [6.07, 6.45) is 2.47. The number of hydrogen-bond acceptors (Lipinski definition) is 3. The van der Waals surface area contributed by atoms with Gasteiger partial charge in [0.2, 0.25) is 0 Å². The van der Waals surface area contributed by atoms with Crippen molar-refractivity contribution in [2.45, 2.75) is 45.3 Å². The van der Waals surface area contributed by atoms with E-state index in [0.717, 1.165) is 19.4 Å². The first-order valence-corrected chi connectivity index (χ1v) is 6.39. The predicted molar refractivity (Wildman–Crippen MR) is 65.8 cm³/mol. The van der Waals surface area contributed by atoms with Crippen LogP contribution in [0, 0.1) is 5.92 Å². The van der Waals surface area contributed by atoms with E-state index in [1.807, 2.05) is 13.8 Å². The zero-order chi connectivity index (χ0) is 12.7. The Balaban J connectivity index is 2.04. The summed E-state index contributed by atoms with van der Waals surface area (Å²) in [7, 11) is 0. The van der Waals surface area contributed by atoms with E-state index in [1.165, 1.54) is 0 Å². The molecule has 0 bridgehead atoms. The first-order valence-electron chi connectivity index (χ1n) is 6.39. The molecule has 2 amide bonds. The summed E-state index contributed by atoms with van der Waals surface area (Å²) >= 11 is 0. The Labute approximate surface area is 103 Å². The molecule has 17 heavy (non-hydrogen) atoms. The SMILES string of the molecule is CC(C)CC(O)CNC(=O)NCC1CCCO1. The van der Waals surface area contributed by atoms with Crippen LogP contribution in [0.3, 0.4) is 0 Å². The summed E-state index contributed by atoms with van der Waals surface area (Å²) in [5, 5.41) is 15.0. The molecule has 0 aromatic rings. The summed E-state index contributed by atoms with van der Waals surface area (Å²) < 4.78 is 5.39. The molecule has 1 fully saturated rings. The smallest absolute Gasteiger partial charge is 0.314 e. The van der Waals surface area contributed by atoms with Gasteiger partial charge in [-0.05, 0) is 25.2 Å². The monoisotopic (exact) mass is 244 g/mol. The van der Waals surface area contributed by atoms with Crippen molar-refractivity contribution in [2.75, 3.05) is 19.7 Å². The van der Waals surface area contributed by atoms with Crippen LogP contribution in [0.25, 0.3) is 0 Å². The van der Waals surface area contributed by atoms with Gasteiger partial charge >= 0.3 is 6.03 Å². The minimum absolute atomic E-state index is 0.154. The first kappa shape index (κ1) is 14.3. The molecule has 5 nitrogen and oxygen atoms in total. The van der Waals surface area contributed by atoms with Crippen molar-refractivity contribution in [3.63, 3.8) is 0 Å². The maximum atomic E-state index is 11.4. The van der Waals surface area contributed by atoms with Crippen molar-refractivity contribution in [2.24, 2.45) is 5.92 Å². The van der Waals surface area contributed by atoms with Crippen molar-refractivity contribution in [1.29, 1.82) is 0 Å². The fraction of sp³-hybridized carbons (Fsp3) is 0.917. The van der Waals surface area contributed by atoms with Crippen LogP contribution in [0.2, 0.25) is 0 Å². The highest BCUT2D eigenvalue weighted by molar-refractivity contribution is 5.73. The molecular formula is C12H24N2O3. The fourth-order valence-corrected chi connectivity index (χ4v) is 1.91. The Morgan fingerprint density at radius 2 is 2.24 bits per heavy atom. The highest BCUT2D eigenvalue weighted by Gasteiger charge is 2.16. The Morgan fingerprint density at radius 3 is 2.82 bits per heavy atom. The third kappa shape index (κ3) is 6.48. The lowest BCUT2D eigenvalue weighted by Crippen LogP contribution is -2.42. The first-order chi connectivity index (χ1) is 8.08. The second-order valence-corrected chi connectivity index (χ2v) is 5.01. The molecular weight excluding hydrogens is 220 g/mol. The van der Waals surface area contributed by atoms with Gasteiger partial charge in [0, 0.05) is 19.7 Å². The minimum Gasteiger partial charge on any atom is -0.391 e. The minimum atomic E-state index is -0.469. The fourth-order valence-electron chi connectivity index (χ4n) is 1.91. The number of aliphatic hydroxyl groups is 1. The van der Waals surface area contributed by atoms with Crippen molar-refractivity contribution in [3.8, 4) is 0 Å². The lowest BCUT2D eigenvalue weighted by molar-refractivity contribution is 0.110. The zero-order valence-electron chi connectivity index (χ0n) is 10.7. The van der Waals surface area contributed by atoms with Crippen LogP contribution in [-0.2, 0) is 4.74 Å². The lowest BCUT2D eigenvalue weighted by Gasteiger charge is -2.15. The Bertz CT molecular complexity index is 228. The molecule has 0 aliphatic carbocycles. The summed E-state index contributed by atoms with van der Waals surface area (Å²) in [6.45, 7) is 5.73. The van der Waals surface area contributed by atoms with Crippen LogP contribution in [0.1, 0.15) is 33.1 Å². The summed E-state index contributed by atoms with van der Waals surface area (Å²) in [5.41, 5.74) is 0. The molecule has 1 saturated heterocycles. The van der Waals surface area contributed by atoms with Gasteiger partial charge < -0.3 is 20.5 Å². The molecule has 0 radical (unpaired) electrons. The molecule has 0 spiro atoms. The summed E-state index contributed by atoms with van der Waals surface area (Å²) in [4.78, 5) is 11.4. The molecule has 1 aliphatic heterocycles. The number of hydrogen-bond donors (Lipinski definition) is 3. The molecule has 2 atom stereocenters. The molecule has 3 N–H and O–H groups in total. The Hall–Kier alpha value is -0.810. The van der Waals surface area contributed by atoms with Crippen LogP contribution in [0.5, 0.6) is 0 Å². The van der Waals surface area contributed by atoms with Gasteiger partial charge in [-0.1, -0.05) is 13.8 Å². The predicted octanol–water partition coefficient (Wildman–Crippen LogP) is 0.872. The van der Waals surface area contributed by atoms with E-state index < -0.39 is 6.10 Å². The number of nitrogens with one attached hydrogen (secondary N) is 2. The van der Waals surface area contributed by atoms with E-state index in [0.29, 0.717) is 25.4 Å². The van der Waals surface area contributed by atoms with Gasteiger partial charge in [-0.2, -0.15) is 0 Å². The van der Waals surface area contributed by atoms with E-state index in [9.17, 15) is 9.90 Å². The third-order valence-corrected chi connectivity index (χ3v) is 2.76. The summed E-state index contributed by atoms with van der Waals surface area (Å²) in [5.74, 6) is 0.432. The second-order valence-electron chi connectivity index (χ2n) is 5.01. The Kier molecular flexibility index (Phi) is 6.29. The number of carbonyl (C=O) groups excluding carboxylic acids is 1. The molecule has 0 saturated carbocycles. The van der Waals surface area contributed by atoms with Crippen molar-refractivity contribution in [3.05, 3.63) is 0 Å². The van der Waals surface area contributed by atoms with Gasteiger partial charge in [0.15, 0.2) is 0 Å². The number of amides is 2. The molecule has 5 heteroatoms. The molecule has 2 unspecified atom stereocenters. The largest absolute Gasteiger partial charge is 0.391 e. The number of urea groups is 1. The third-order valence-electron chi connectivity index (χ3n) is 2.76. The molecule has 100 valence electrons. The number of aliphatic hydroxyl groups excluding tert-OH is 1. The molecule has 1 aliphatic rings. The lowest BCUT2D eigenvalue weighted by atomic mass is 10.1. The molecule has 1 heterocycles. The second kappa shape index (κ2) is 7.50. The van der Waals surface area contributed by atoms with E-state index in [-0.39, 0.29) is 12.1 Å². The van der Waals surface area contributed by atoms with E-state index in [1.54, 1.807) is 0 Å². The maximum absolute atomic E-state index is 11.4. The van der Waals surface area contributed by atoms with Crippen LogP contribution in [0.15, 0.2) is 0 Å². The van der Waals surface area contributed by atoms with Gasteiger partial charge in [-0.25, -0.2) is 4.79 Å². The van der Waals surface area contributed by atoms with Crippen LogP contribution < -0.4 is 10.6 Å². The van der Waals surface area contributed by atoms with Gasteiger partial charge in [0.1, 0.15) is 0 Å². The van der Waals surface area contributed by atoms with Gasteiger partial charge in [-0.15, -0.1) is 0 Å². The molecule has 0 aromatic heterocycles. The van der Waals surface area contributed by atoms with Crippen molar-refractivity contribution in [1.82, 2.24) is 10.6 Å². The van der Waals surface area contributed by atoms with Gasteiger partial charge in [0.25, 0.3) is 0 Å². The standard InChI is InChI=1S/C12H24N2O3/c1-9(2)6-10(15)7-13-12(16)14-8-11-4-3-5-17-11/h9-11,15H,3-8H2,1-2H3,(H2,13,14,16). The molecule has 0 aromatic carbocycles. The quantitative estimate of drug-likeness (QED) is 0.649. The number of carbonyl (C=O) groups is 1. The van der Waals surface area contributed by atoms with Crippen LogP contribution in [0.4, 0.5) is 4.79 Å². The van der Waals surface area contributed by atoms with Crippen LogP contribution in [-0.4, -0.2) is 43.0 Å². The average molecular weight is 244 g/mol. The van der Waals surface area contributed by atoms with E-state index in [4.69, 9.17) is 4.74 Å². The number of rotatable bonds is 6. The zero-order valence-corrected chi connectivity index (χ0v) is 10.7. The van der Waals surface area contributed by atoms with Gasteiger partial charge in [0.05, 0.1) is 12.2 Å². The van der Waals surface area contributed by atoms with Crippen LogP contribution >= 0.6 is 0 Å². The van der Waals surface area contributed by atoms with Gasteiger partial charge in [-0.3, -0.25) is 0 Å². The van der Waals surface area contributed by atoms with E-state index >= 15 is 0 Å². The number of ether oxygens (including phenoxy) is 1. The topological polar surface area (TPSA) is 70.6 Å². The highest BCUT2D eigenvalue weighted by atomic mass is 16.5. The summed E-state index contributed by atoms with van der Waals surface area (Å²) in [6, 6.07) is -0.233. The Morgan fingerprint density at radius 1 is 1.47 bits per heavy atom. The molecule has 1 rings (SSSR count). The maximum Gasteiger partial charge on any atom is 0.314 e. The van der Waals surface area contributed by atoms with Crippen molar-refractivity contribution >= 4 is 6.03 Å². The normalized spacial score (nSPS) is 21.5. The van der Waals surface area contributed by atoms with E-state index in [2.05, 4.69) is 10.6 Å².